The van der Waals surface area contributed by atoms with E-state index in [2.05, 4.69) is 0 Å². The van der Waals surface area contributed by atoms with Crippen LogP contribution in [0.15, 0.2) is 29.2 Å². The fourth-order valence-electron chi connectivity index (χ4n) is 2.85. The van der Waals surface area contributed by atoms with Gasteiger partial charge >= 0.3 is 0 Å². The van der Waals surface area contributed by atoms with Crippen LogP contribution < -0.4 is 5.73 Å². The lowest BCUT2D eigenvalue weighted by Crippen LogP contribution is -2.25. The van der Waals surface area contributed by atoms with Crippen LogP contribution >= 0.6 is 10.7 Å². The first-order chi connectivity index (χ1) is 12.5. The van der Waals surface area contributed by atoms with Crippen molar-refractivity contribution < 1.29 is 27.9 Å². The molecule has 0 unspecified atom stereocenters. The predicted molar refractivity (Wildman–Crippen MR) is 90.5 cm³/mol. The van der Waals surface area contributed by atoms with Crippen molar-refractivity contribution in [3.63, 3.8) is 0 Å². The molecule has 0 aliphatic heterocycles. The average molecular weight is 412 g/mol. The highest BCUT2D eigenvalue weighted by molar-refractivity contribution is 8.13. The molecular weight excluding hydrogens is 406 g/mol. The molecule has 2 aromatic carbocycles. The van der Waals surface area contributed by atoms with Gasteiger partial charge < -0.3 is 5.73 Å². The maximum atomic E-state index is 12.9. The average Bonchev–Trinajstić information content (AvgIpc) is 2.57. The zero-order valence-corrected chi connectivity index (χ0v) is 14.4. The monoisotopic (exact) mass is 411 g/mol. The summed E-state index contributed by atoms with van der Waals surface area (Å²) in [6.07, 6.45) is 0. The summed E-state index contributed by atoms with van der Waals surface area (Å²) >= 11 is 0. The van der Waals surface area contributed by atoms with E-state index in [0.29, 0.717) is 6.07 Å². The molecule has 0 bridgehead atoms. The van der Waals surface area contributed by atoms with Gasteiger partial charge in [0, 0.05) is 28.4 Å². The molecule has 0 saturated carbocycles. The number of halogens is 1. The zero-order chi connectivity index (χ0) is 20.3. The van der Waals surface area contributed by atoms with Gasteiger partial charge in [-0.25, -0.2) is 8.42 Å². The zero-order valence-electron chi connectivity index (χ0n) is 12.8. The first-order valence-electron chi connectivity index (χ1n) is 6.89. The molecule has 0 spiro atoms. The van der Waals surface area contributed by atoms with E-state index in [1.165, 1.54) is 0 Å². The van der Waals surface area contributed by atoms with E-state index in [4.69, 9.17) is 16.4 Å². The number of anilines is 1. The number of benzene rings is 2. The van der Waals surface area contributed by atoms with Gasteiger partial charge in [0.15, 0.2) is 0 Å². The molecule has 0 fully saturated rings. The smallest absolute Gasteiger partial charge is 0.282 e. The molecule has 0 radical (unpaired) electrons. The number of ketones is 2. The van der Waals surface area contributed by atoms with Crippen molar-refractivity contribution in [2.45, 2.75) is 4.90 Å². The van der Waals surface area contributed by atoms with Gasteiger partial charge in [-0.1, -0.05) is 6.07 Å². The van der Waals surface area contributed by atoms with Crippen LogP contribution in [-0.4, -0.2) is 29.8 Å². The van der Waals surface area contributed by atoms with Crippen molar-refractivity contribution in [3.05, 3.63) is 66.7 Å². The predicted octanol–water partition coefficient (Wildman–Crippen LogP) is 1.79. The third-order valence-electron chi connectivity index (χ3n) is 3.93. The summed E-state index contributed by atoms with van der Waals surface area (Å²) in [5.74, 6) is -2.25. The summed E-state index contributed by atoms with van der Waals surface area (Å²) in [4.78, 5) is 45.2. The van der Waals surface area contributed by atoms with E-state index in [-0.39, 0.29) is 0 Å². The van der Waals surface area contributed by atoms with Gasteiger partial charge in [0.05, 0.1) is 21.1 Å². The van der Waals surface area contributed by atoms with Crippen LogP contribution in [0, 0.1) is 20.2 Å². The van der Waals surface area contributed by atoms with Crippen molar-refractivity contribution in [2.24, 2.45) is 0 Å². The molecule has 0 saturated heterocycles. The molecule has 3 rings (SSSR count). The molecule has 0 heterocycles. The van der Waals surface area contributed by atoms with Gasteiger partial charge in [-0.2, -0.15) is 0 Å². The maximum absolute atomic E-state index is 12.9. The van der Waals surface area contributed by atoms with E-state index in [9.17, 15) is 38.2 Å². The summed E-state index contributed by atoms with van der Waals surface area (Å²) in [5, 5.41) is 22.6. The van der Waals surface area contributed by atoms with E-state index >= 15 is 0 Å². The summed E-state index contributed by atoms with van der Waals surface area (Å²) in [5.41, 5.74) is 0.518. The minimum Gasteiger partial charge on any atom is -0.397 e. The van der Waals surface area contributed by atoms with Crippen LogP contribution in [0.4, 0.5) is 17.1 Å². The molecule has 2 N–H and O–H groups in total. The molecule has 138 valence electrons. The lowest BCUT2D eigenvalue weighted by atomic mass is 9.81. The largest absolute Gasteiger partial charge is 0.397 e. The Labute approximate surface area is 154 Å². The van der Waals surface area contributed by atoms with Crippen molar-refractivity contribution in [1.82, 2.24) is 0 Å². The molecule has 1 aliphatic carbocycles. The first kappa shape index (κ1) is 18.4. The molecule has 13 heteroatoms. The molecule has 0 atom stereocenters. The highest BCUT2D eigenvalue weighted by atomic mass is 35.7. The van der Waals surface area contributed by atoms with Gasteiger partial charge in [0.25, 0.3) is 20.4 Å². The lowest BCUT2D eigenvalue weighted by molar-refractivity contribution is -0.385. The molecule has 0 amide bonds. The number of nitrogen functional groups attached to an aromatic ring is 1. The van der Waals surface area contributed by atoms with E-state index in [1.54, 1.807) is 0 Å². The number of carbonyl (C=O) groups excluding carboxylic acids is 2. The third-order valence-corrected chi connectivity index (χ3v) is 5.29. The summed E-state index contributed by atoms with van der Waals surface area (Å²) in [6.45, 7) is 0. The third kappa shape index (κ3) is 2.62. The van der Waals surface area contributed by atoms with Crippen LogP contribution in [0.3, 0.4) is 0 Å². The number of nitro benzene ring substituents is 2. The summed E-state index contributed by atoms with van der Waals surface area (Å²) in [6, 6.07) is 3.67. The number of rotatable bonds is 3. The minimum absolute atomic E-state index is 0.425. The van der Waals surface area contributed by atoms with Crippen LogP contribution in [0.1, 0.15) is 31.8 Å². The second-order valence-electron chi connectivity index (χ2n) is 5.37. The topological polar surface area (TPSA) is 181 Å². The number of nitro groups is 2. The summed E-state index contributed by atoms with van der Waals surface area (Å²) in [7, 11) is 0.592. The second-order valence-corrected chi connectivity index (χ2v) is 7.90. The number of hydrogen-bond donors (Lipinski definition) is 1. The highest BCUT2D eigenvalue weighted by Gasteiger charge is 2.43. The number of carbonyl (C=O) groups is 2. The molecule has 11 nitrogen and oxygen atoms in total. The Morgan fingerprint density at radius 3 is 2.04 bits per heavy atom. The van der Waals surface area contributed by atoms with Crippen molar-refractivity contribution in [2.75, 3.05) is 5.73 Å². The van der Waals surface area contributed by atoms with E-state index in [0.717, 1.165) is 18.2 Å². The quantitative estimate of drug-likeness (QED) is 0.290. The lowest BCUT2D eigenvalue weighted by Gasteiger charge is -2.19. The number of hydrogen-bond acceptors (Lipinski definition) is 9. The molecule has 2 aromatic rings. The molecule has 1 aliphatic rings. The number of nitrogens with zero attached hydrogens (tertiary/aromatic N) is 2. The van der Waals surface area contributed by atoms with E-state index in [1.807, 2.05) is 0 Å². The van der Waals surface area contributed by atoms with Crippen molar-refractivity contribution in [1.29, 1.82) is 0 Å². The Bertz CT molecular complexity index is 1210. The van der Waals surface area contributed by atoms with Crippen LogP contribution in [0.25, 0.3) is 0 Å². The highest BCUT2D eigenvalue weighted by Crippen LogP contribution is 2.42. The molecular formula is C14H6ClN3O8S. The second kappa shape index (κ2) is 5.82. The first-order valence-corrected chi connectivity index (χ1v) is 9.20. The maximum Gasteiger partial charge on any atom is 0.282 e. The Balaban J connectivity index is 2.52. The number of nitrogens with two attached hydrogens (primary N) is 1. The van der Waals surface area contributed by atoms with Gasteiger partial charge in [-0.3, -0.25) is 29.8 Å². The van der Waals surface area contributed by atoms with Crippen LogP contribution in [0.5, 0.6) is 0 Å². The Morgan fingerprint density at radius 1 is 0.926 bits per heavy atom. The van der Waals surface area contributed by atoms with Crippen molar-refractivity contribution >= 4 is 48.4 Å². The van der Waals surface area contributed by atoms with Crippen molar-refractivity contribution in [3.8, 4) is 0 Å². The fourth-order valence-corrected chi connectivity index (χ4v) is 3.85. The van der Waals surface area contributed by atoms with Crippen LogP contribution in [-0.2, 0) is 9.05 Å². The fraction of sp³-hybridized carbons (Fsp3) is 0. The van der Waals surface area contributed by atoms with E-state index < -0.39 is 74.7 Å². The Hall–Kier alpha value is -3.38. The minimum atomic E-state index is -4.62. The van der Waals surface area contributed by atoms with Gasteiger partial charge in [-0.15, -0.1) is 0 Å². The standard InChI is InChI=1S/C14H6ClN3O8S/c15-27(25,26)8-4-7(18(23)24)10-11(12(8)16)14(20)9-5(13(10)19)2-1-3-6(9)17(21)22/h1-4H,16H2. The Morgan fingerprint density at radius 2 is 1.52 bits per heavy atom. The molecule has 27 heavy (non-hydrogen) atoms. The van der Waals surface area contributed by atoms with Gasteiger partial charge in [0.1, 0.15) is 16.0 Å². The molecule has 0 aromatic heterocycles. The number of fused-ring (bicyclic) bond motifs is 2. The Kier molecular flexibility index (Phi) is 3.97. The summed E-state index contributed by atoms with van der Waals surface area (Å²) < 4.78 is 23.4. The SMILES string of the molecule is Nc1c(S(=O)(=O)Cl)cc([N+](=O)[O-])c2c1C(=O)c1c(cccc1[N+](=O)[O-])C2=O. The van der Waals surface area contributed by atoms with Gasteiger partial charge in [-0.05, 0) is 6.07 Å². The normalized spacial score (nSPS) is 13.1. The van der Waals surface area contributed by atoms with Crippen LogP contribution in [0.2, 0.25) is 0 Å². The van der Waals surface area contributed by atoms with Gasteiger partial charge in [0.2, 0.25) is 11.6 Å².